The van der Waals surface area contributed by atoms with Gasteiger partial charge in [-0.05, 0) is 0 Å². The van der Waals surface area contributed by atoms with E-state index in [-0.39, 0.29) is 18.2 Å². The first-order valence-electron chi connectivity index (χ1n) is 2.52. The molecule has 0 fully saturated rings. The lowest BCUT2D eigenvalue weighted by molar-refractivity contribution is 0.0690. The van der Waals surface area contributed by atoms with Crippen LogP contribution in [0, 0.1) is 0 Å². The Labute approximate surface area is 55.9 Å². The monoisotopic (exact) mass is 143 g/mol. The third kappa shape index (κ3) is 1.14. The van der Waals surface area contributed by atoms with Gasteiger partial charge in [-0.1, -0.05) is 0 Å². The van der Waals surface area contributed by atoms with E-state index in [0.717, 1.165) is 6.26 Å². The van der Waals surface area contributed by atoms with E-state index < -0.39 is 5.97 Å². The van der Waals surface area contributed by atoms with Crippen LogP contribution >= 0.6 is 0 Å². The van der Waals surface area contributed by atoms with Gasteiger partial charge in [-0.25, -0.2) is 9.78 Å². The lowest BCUT2D eigenvalue weighted by atomic mass is 10.5. The average Bonchev–Trinajstić information content (AvgIpc) is 2.34. The van der Waals surface area contributed by atoms with Crippen LogP contribution in [-0.2, 0) is 6.61 Å². The van der Waals surface area contributed by atoms with Crippen molar-refractivity contribution in [3.8, 4) is 0 Å². The number of carboxylic acids is 1. The van der Waals surface area contributed by atoms with Gasteiger partial charge < -0.3 is 14.6 Å². The minimum absolute atomic E-state index is 0.0115. The van der Waals surface area contributed by atoms with E-state index in [2.05, 4.69) is 9.40 Å². The molecular weight excluding hydrogens is 138 g/mol. The van der Waals surface area contributed by atoms with Crippen LogP contribution in [0.4, 0.5) is 0 Å². The molecule has 54 valence electrons. The van der Waals surface area contributed by atoms with E-state index in [1.54, 1.807) is 0 Å². The normalized spacial score (nSPS) is 9.70. The van der Waals surface area contributed by atoms with E-state index in [1.165, 1.54) is 0 Å². The zero-order chi connectivity index (χ0) is 7.56. The molecule has 1 rings (SSSR count). The average molecular weight is 143 g/mol. The minimum atomic E-state index is -1.16. The summed E-state index contributed by atoms with van der Waals surface area (Å²) in [6.45, 7) is -0.382. The van der Waals surface area contributed by atoms with E-state index >= 15 is 0 Å². The molecule has 10 heavy (non-hydrogen) atoms. The molecule has 0 unspecified atom stereocenters. The first-order chi connectivity index (χ1) is 4.74. The number of aliphatic hydroxyl groups excluding tert-OH is 1. The highest BCUT2D eigenvalue weighted by Gasteiger charge is 2.08. The number of carbonyl (C=O) groups is 1. The van der Waals surface area contributed by atoms with Crippen LogP contribution in [0.15, 0.2) is 10.7 Å². The molecule has 0 aliphatic carbocycles. The van der Waals surface area contributed by atoms with E-state index in [1.807, 2.05) is 0 Å². The van der Waals surface area contributed by atoms with Crippen molar-refractivity contribution in [3.63, 3.8) is 0 Å². The van der Waals surface area contributed by atoms with Gasteiger partial charge in [0.25, 0.3) is 0 Å². The van der Waals surface area contributed by atoms with Gasteiger partial charge in [0.1, 0.15) is 12.9 Å². The third-order valence-corrected chi connectivity index (χ3v) is 0.906. The first-order valence-corrected chi connectivity index (χ1v) is 2.52. The molecule has 0 atom stereocenters. The Morgan fingerprint density at radius 2 is 2.50 bits per heavy atom. The second-order valence-corrected chi connectivity index (χ2v) is 1.59. The Hall–Kier alpha value is -1.36. The second kappa shape index (κ2) is 2.49. The highest BCUT2D eigenvalue weighted by Crippen LogP contribution is 2.00. The van der Waals surface area contributed by atoms with Gasteiger partial charge in [-0.2, -0.15) is 0 Å². The van der Waals surface area contributed by atoms with E-state index in [4.69, 9.17) is 10.2 Å². The molecule has 5 nitrogen and oxygen atoms in total. The fourth-order valence-electron chi connectivity index (χ4n) is 0.482. The second-order valence-electron chi connectivity index (χ2n) is 1.59. The molecule has 0 amide bonds. The van der Waals surface area contributed by atoms with Gasteiger partial charge in [-0.3, -0.25) is 0 Å². The predicted molar refractivity (Wildman–Crippen MR) is 29.4 cm³/mol. The highest BCUT2D eigenvalue weighted by molar-refractivity contribution is 5.84. The third-order valence-electron chi connectivity index (χ3n) is 0.906. The molecule has 0 radical (unpaired) electrons. The maximum absolute atomic E-state index is 10.1. The van der Waals surface area contributed by atoms with Crippen LogP contribution in [0.5, 0.6) is 0 Å². The summed E-state index contributed by atoms with van der Waals surface area (Å²) in [7, 11) is 0. The van der Waals surface area contributed by atoms with Crippen molar-refractivity contribution >= 4 is 5.97 Å². The van der Waals surface area contributed by atoms with E-state index in [0.29, 0.717) is 0 Å². The SMILES string of the molecule is O=C(O)c1coc(CO)n1. The molecule has 0 spiro atoms. The smallest absolute Gasteiger partial charge is 0.357 e. The molecule has 0 aliphatic heterocycles. The highest BCUT2D eigenvalue weighted by atomic mass is 16.4. The van der Waals surface area contributed by atoms with Crippen LogP contribution in [0.3, 0.4) is 0 Å². The van der Waals surface area contributed by atoms with Crippen molar-refractivity contribution in [1.82, 2.24) is 4.98 Å². The van der Waals surface area contributed by atoms with Crippen molar-refractivity contribution < 1.29 is 19.4 Å². The molecule has 2 N–H and O–H groups in total. The summed E-state index contributed by atoms with van der Waals surface area (Å²) in [5.74, 6) is -1.15. The van der Waals surface area contributed by atoms with Gasteiger partial charge >= 0.3 is 5.97 Å². The molecule has 1 aromatic heterocycles. The summed E-state index contributed by atoms with van der Waals surface area (Å²) in [6, 6.07) is 0. The van der Waals surface area contributed by atoms with Crippen LogP contribution in [0.1, 0.15) is 16.4 Å². The zero-order valence-electron chi connectivity index (χ0n) is 4.94. The summed E-state index contributed by atoms with van der Waals surface area (Å²) < 4.78 is 4.53. The molecule has 0 aromatic carbocycles. The summed E-state index contributed by atoms with van der Waals surface area (Å²) >= 11 is 0. The Bertz CT molecular complexity index is 242. The number of carboxylic acid groups (broad SMARTS) is 1. The molecule has 0 saturated heterocycles. The predicted octanol–water partition coefficient (Wildman–Crippen LogP) is -0.135. The fourth-order valence-corrected chi connectivity index (χ4v) is 0.482. The van der Waals surface area contributed by atoms with Crippen LogP contribution in [-0.4, -0.2) is 21.2 Å². The molecular formula is C5H5NO4. The summed E-state index contributed by atoms with van der Waals surface area (Å²) in [5.41, 5.74) is -0.191. The Kier molecular flexibility index (Phi) is 1.68. The molecule has 0 bridgehead atoms. The molecule has 5 heteroatoms. The minimum Gasteiger partial charge on any atom is -0.476 e. The van der Waals surface area contributed by atoms with E-state index in [9.17, 15) is 4.79 Å². The number of hydrogen-bond donors (Lipinski definition) is 2. The molecule has 1 aromatic rings. The van der Waals surface area contributed by atoms with Crippen molar-refractivity contribution in [2.45, 2.75) is 6.61 Å². The maximum atomic E-state index is 10.1. The molecule has 0 aliphatic rings. The number of aliphatic hydroxyl groups is 1. The van der Waals surface area contributed by atoms with Gasteiger partial charge in [0.05, 0.1) is 0 Å². The van der Waals surface area contributed by atoms with Crippen LogP contribution in [0.2, 0.25) is 0 Å². The topological polar surface area (TPSA) is 83.6 Å². The van der Waals surface area contributed by atoms with Crippen molar-refractivity contribution in [2.75, 3.05) is 0 Å². The van der Waals surface area contributed by atoms with Crippen molar-refractivity contribution in [2.24, 2.45) is 0 Å². The van der Waals surface area contributed by atoms with Crippen molar-refractivity contribution in [3.05, 3.63) is 17.8 Å². The Morgan fingerprint density at radius 1 is 1.80 bits per heavy atom. The number of aromatic carboxylic acids is 1. The lowest BCUT2D eigenvalue weighted by Gasteiger charge is -1.80. The largest absolute Gasteiger partial charge is 0.476 e. The molecule has 1 heterocycles. The first kappa shape index (κ1) is 6.76. The van der Waals surface area contributed by atoms with Crippen LogP contribution < -0.4 is 0 Å². The quantitative estimate of drug-likeness (QED) is 0.602. The number of aromatic nitrogens is 1. The van der Waals surface area contributed by atoms with Crippen LogP contribution in [0.25, 0.3) is 0 Å². The zero-order valence-corrected chi connectivity index (χ0v) is 4.94. The van der Waals surface area contributed by atoms with Gasteiger partial charge in [0.2, 0.25) is 5.89 Å². The Balaban J connectivity index is 2.88. The Morgan fingerprint density at radius 3 is 2.80 bits per heavy atom. The fraction of sp³-hybridized carbons (Fsp3) is 0.200. The molecule has 0 saturated carbocycles. The standard InChI is InChI=1S/C5H5NO4/c7-1-4-6-3(2-10-4)5(8)9/h2,7H,1H2,(H,8,9). The summed E-state index contributed by atoms with van der Waals surface area (Å²) in [4.78, 5) is 13.5. The number of oxazole rings is 1. The van der Waals surface area contributed by atoms with Gasteiger partial charge in [-0.15, -0.1) is 0 Å². The number of nitrogens with zero attached hydrogens (tertiary/aromatic N) is 1. The summed E-state index contributed by atoms with van der Waals surface area (Å²) in [5, 5.41) is 16.7. The van der Waals surface area contributed by atoms with Gasteiger partial charge in [0.15, 0.2) is 5.69 Å². The maximum Gasteiger partial charge on any atom is 0.357 e. The van der Waals surface area contributed by atoms with Crippen molar-refractivity contribution in [1.29, 1.82) is 0 Å². The lowest BCUT2D eigenvalue weighted by Crippen LogP contribution is -1.96. The summed E-state index contributed by atoms with van der Waals surface area (Å²) in [6.07, 6.45) is 0.980. The number of rotatable bonds is 2. The van der Waals surface area contributed by atoms with Gasteiger partial charge in [0, 0.05) is 0 Å². The number of hydrogen-bond acceptors (Lipinski definition) is 4.